The number of fused-ring (bicyclic) bond motifs is 1. The number of thioether (sulfide) groups is 1. The van der Waals surface area contributed by atoms with Crippen molar-refractivity contribution in [1.82, 2.24) is 4.90 Å². The lowest BCUT2D eigenvalue weighted by atomic mass is 10.1. The number of benzene rings is 4. The predicted molar refractivity (Wildman–Crippen MR) is 151 cm³/mol. The lowest BCUT2D eigenvalue weighted by Crippen LogP contribution is -2.27. The van der Waals surface area contributed by atoms with Crippen LogP contribution in [0.4, 0.5) is 10.5 Å². The molecule has 1 aliphatic rings. The summed E-state index contributed by atoms with van der Waals surface area (Å²) in [6, 6.07) is 25.4. The van der Waals surface area contributed by atoms with E-state index in [1.165, 1.54) is 24.3 Å². The van der Waals surface area contributed by atoms with Crippen LogP contribution < -0.4 is 9.47 Å². The van der Waals surface area contributed by atoms with Crippen LogP contribution in [0.3, 0.4) is 0 Å². The summed E-state index contributed by atoms with van der Waals surface area (Å²) in [6.07, 6.45) is 1.65. The minimum absolute atomic E-state index is 0.0329. The van der Waals surface area contributed by atoms with Crippen molar-refractivity contribution >= 4 is 45.4 Å². The molecule has 0 aliphatic carbocycles. The Kier molecular flexibility index (Phi) is 7.60. The second kappa shape index (κ2) is 11.4. The Bertz CT molecular complexity index is 1590. The van der Waals surface area contributed by atoms with Gasteiger partial charge in [-0.1, -0.05) is 60.7 Å². The third kappa shape index (κ3) is 5.78. The van der Waals surface area contributed by atoms with Crippen molar-refractivity contribution in [1.29, 1.82) is 0 Å². The standard InChI is InChI=1S/C30H24N2O6S/c1-2-37-27-16-21(12-15-26(27)38-19-23-8-5-7-22-6-3-4-9-25(22)23)17-28-29(33)31(30(34)39-28)18-20-10-13-24(14-11-20)32(35)36/h3-17H,2,18-19H2,1H3/b28-17-. The van der Waals surface area contributed by atoms with E-state index in [-0.39, 0.29) is 17.1 Å². The summed E-state index contributed by atoms with van der Waals surface area (Å²) < 4.78 is 12.0. The van der Waals surface area contributed by atoms with Gasteiger partial charge in [0.2, 0.25) is 0 Å². The van der Waals surface area contributed by atoms with Crippen molar-refractivity contribution in [2.45, 2.75) is 20.1 Å². The number of carbonyl (C=O) groups excluding carboxylic acids is 2. The second-order valence-corrected chi connectivity index (χ2v) is 9.75. The molecular weight excluding hydrogens is 516 g/mol. The van der Waals surface area contributed by atoms with E-state index in [1.807, 2.05) is 37.3 Å². The summed E-state index contributed by atoms with van der Waals surface area (Å²) in [5, 5.41) is 12.7. The van der Waals surface area contributed by atoms with E-state index in [9.17, 15) is 19.7 Å². The lowest BCUT2D eigenvalue weighted by molar-refractivity contribution is -0.384. The minimum atomic E-state index is -0.497. The maximum atomic E-state index is 13.0. The smallest absolute Gasteiger partial charge is 0.293 e. The molecule has 196 valence electrons. The summed E-state index contributed by atoms with van der Waals surface area (Å²) in [4.78, 5) is 37.4. The number of nitrogens with zero attached hydrogens (tertiary/aromatic N) is 2. The van der Waals surface area contributed by atoms with Gasteiger partial charge in [0.25, 0.3) is 16.8 Å². The van der Waals surface area contributed by atoms with Crippen LogP contribution in [-0.2, 0) is 17.9 Å². The third-order valence-electron chi connectivity index (χ3n) is 6.19. The molecule has 39 heavy (non-hydrogen) atoms. The van der Waals surface area contributed by atoms with Gasteiger partial charge in [-0.3, -0.25) is 24.6 Å². The first-order valence-corrected chi connectivity index (χ1v) is 13.1. The van der Waals surface area contributed by atoms with E-state index in [0.29, 0.717) is 35.8 Å². The van der Waals surface area contributed by atoms with Gasteiger partial charge in [0.05, 0.1) is 23.0 Å². The Morgan fingerprint density at radius 2 is 1.69 bits per heavy atom. The first-order chi connectivity index (χ1) is 18.9. The SMILES string of the molecule is CCOc1cc(/C=C2\SC(=O)N(Cc3ccc([N+](=O)[O-])cc3)C2=O)ccc1OCc1cccc2ccccc12. The molecule has 1 aliphatic heterocycles. The Hall–Kier alpha value is -4.63. The molecule has 1 saturated heterocycles. The van der Waals surface area contributed by atoms with E-state index in [0.717, 1.165) is 33.0 Å². The molecule has 0 aromatic heterocycles. The molecule has 0 unspecified atom stereocenters. The van der Waals surface area contributed by atoms with Crippen molar-refractivity contribution in [2.75, 3.05) is 6.61 Å². The van der Waals surface area contributed by atoms with E-state index in [4.69, 9.17) is 9.47 Å². The minimum Gasteiger partial charge on any atom is -0.490 e. The molecular formula is C30H24N2O6S. The molecule has 2 amide bonds. The predicted octanol–water partition coefficient (Wildman–Crippen LogP) is 6.96. The van der Waals surface area contributed by atoms with Crippen LogP contribution in [0.5, 0.6) is 11.5 Å². The van der Waals surface area contributed by atoms with Crippen molar-refractivity contribution in [2.24, 2.45) is 0 Å². The molecule has 0 spiro atoms. The van der Waals surface area contributed by atoms with Crippen LogP contribution in [0.15, 0.2) is 89.8 Å². The average molecular weight is 541 g/mol. The summed E-state index contributed by atoms with van der Waals surface area (Å²) in [7, 11) is 0. The number of amides is 2. The van der Waals surface area contributed by atoms with Gasteiger partial charge >= 0.3 is 0 Å². The number of hydrogen-bond donors (Lipinski definition) is 0. The normalized spacial score (nSPS) is 14.3. The summed E-state index contributed by atoms with van der Waals surface area (Å²) >= 11 is 0.854. The molecule has 1 fully saturated rings. The Morgan fingerprint density at radius 3 is 2.46 bits per heavy atom. The lowest BCUT2D eigenvalue weighted by Gasteiger charge is -2.14. The molecule has 4 aromatic carbocycles. The van der Waals surface area contributed by atoms with Gasteiger partial charge in [-0.2, -0.15) is 0 Å². The molecule has 9 heteroatoms. The van der Waals surface area contributed by atoms with Gasteiger partial charge in [0, 0.05) is 12.1 Å². The number of nitro groups is 1. The zero-order valence-corrected chi connectivity index (χ0v) is 21.9. The van der Waals surface area contributed by atoms with Crippen LogP contribution in [0, 0.1) is 10.1 Å². The number of non-ortho nitro benzene ring substituents is 1. The number of hydrogen-bond acceptors (Lipinski definition) is 7. The van der Waals surface area contributed by atoms with Crippen LogP contribution in [0.2, 0.25) is 0 Å². The fraction of sp³-hybridized carbons (Fsp3) is 0.133. The molecule has 5 rings (SSSR count). The molecule has 0 radical (unpaired) electrons. The fourth-order valence-corrected chi connectivity index (χ4v) is 5.11. The number of ether oxygens (including phenoxy) is 2. The van der Waals surface area contributed by atoms with Crippen molar-refractivity contribution in [3.8, 4) is 11.5 Å². The Morgan fingerprint density at radius 1 is 0.923 bits per heavy atom. The Balaban J connectivity index is 1.32. The molecule has 4 aromatic rings. The highest BCUT2D eigenvalue weighted by atomic mass is 32.2. The van der Waals surface area contributed by atoms with Gasteiger partial charge in [0.15, 0.2) is 11.5 Å². The maximum absolute atomic E-state index is 13.0. The number of imide groups is 1. The highest BCUT2D eigenvalue weighted by Gasteiger charge is 2.35. The number of nitro benzene ring substituents is 1. The maximum Gasteiger partial charge on any atom is 0.293 e. The van der Waals surface area contributed by atoms with Crippen LogP contribution in [0.1, 0.15) is 23.6 Å². The second-order valence-electron chi connectivity index (χ2n) is 8.76. The first-order valence-electron chi connectivity index (χ1n) is 12.3. The largest absolute Gasteiger partial charge is 0.490 e. The van der Waals surface area contributed by atoms with E-state index < -0.39 is 16.1 Å². The first kappa shape index (κ1) is 26.0. The highest BCUT2D eigenvalue weighted by Crippen LogP contribution is 2.36. The summed E-state index contributed by atoms with van der Waals surface area (Å²) in [5.41, 5.74) is 2.32. The van der Waals surface area contributed by atoms with Crippen LogP contribution in [0.25, 0.3) is 16.8 Å². The van der Waals surface area contributed by atoms with Gasteiger partial charge in [0.1, 0.15) is 6.61 Å². The van der Waals surface area contributed by atoms with Gasteiger partial charge < -0.3 is 9.47 Å². The highest BCUT2D eigenvalue weighted by molar-refractivity contribution is 8.18. The number of carbonyl (C=O) groups is 2. The van der Waals surface area contributed by atoms with Crippen molar-refractivity contribution < 1.29 is 24.0 Å². The van der Waals surface area contributed by atoms with Crippen molar-refractivity contribution in [3.63, 3.8) is 0 Å². The third-order valence-corrected chi connectivity index (χ3v) is 7.10. The topological polar surface area (TPSA) is 99.0 Å². The van der Waals surface area contributed by atoms with E-state index >= 15 is 0 Å². The van der Waals surface area contributed by atoms with E-state index in [1.54, 1.807) is 18.2 Å². The zero-order valence-electron chi connectivity index (χ0n) is 21.0. The van der Waals surface area contributed by atoms with Crippen LogP contribution in [-0.4, -0.2) is 27.6 Å². The van der Waals surface area contributed by atoms with Crippen LogP contribution >= 0.6 is 11.8 Å². The van der Waals surface area contributed by atoms with Gasteiger partial charge in [-0.05, 0) is 64.4 Å². The van der Waals surface area contributed by atoms with Crippen molar-refractivity contribution in [3.05, 3.63) is 117 Å². The molecule has 8 nitrogen and oxygen atoms in total. The molecule has 0 N–H and O–H groups in total. The Labute approximate surface area is 229 Å². The van der Waals surface area contributed by atoms with E-state index in [2.05, 4.69) is 18.2 Å². The summed E-state index contributed by atoms with van der Waals surface area (Å²) in [6.45, 7) is 2.71. The fourth-order valence-electron chi connectivity index (χ4n) is 4.27. The molecule has 0 saturated carbocycles. The monoisotopic (exact) mass is 540 g/mol. The van der Waals surface area contributed by atoms with Gasteiger partial charge in [-0.25, -0.2) is 0 Å². The molecule has 1 heterocycles. The summed E-state index contributed by atoms with van der Waals surface area (Å²) in [5.74, 6) is 0.697. The average Bonchev–Trinajstić information content (AvgIpc) is 3.20. The number of rotatable bonds is 9. The van der Waals surface area contributed by atoms with Gasteiger partial charge in [-0.15, -0.1) is 0 Å². The zero-order chi connectivity index (χ0) is 27.4. The quantitative estimate of drug-likeness (QED) is 0.128. The molecule has 0 atom stereocenters. The molecule has 0 bridgehead atoms.